The van der Waals surface area contributed by atoms with Gasteiger partial charge >= 0.3 is 11.9 Å². The van der Waals surface area contributed by atoms with Crippen LogP contribution in [-0.2, 0) is 9.59 Å². The average molecular weight is 276 g/mol. The van der Waals surface area contributed by atoms with Crippen LogP contribution in [0.1, 0.15) is 0 Å². The van der Waals surface area contributed by atoms with Crippen molar-refractivity contribution in [1.82, 2.24) is 9.97 Å². The fourth-order valence-electron chi connectivity index (χ4n) is 0.735. The maximum absolute atomic E-state index is 10.8. The molecule has 80 valence electrons. The van der Waals surface area contributed by atoms with E-state index in [1.54, 1.807) is 0 Å². The van der Waals surface area contributed by atoms with Crippen LogP contribution in [0.5, 0.6) is 5.88 Å². The summed E-state index contributed by atoms with van der Waals surface area (Å²) in [6, 6.07) is 1.30. The summed E-state index contributed by atoms with van der Waals surface area (Å²) in [6.45, 7) is 0. The Balaban J connectivity index is 2.90. The third-order valence-corrected chi connectivity index (χ3v) is 1.67. The Hall–Kier alpha value is -1.70. The van der Waals surface area contributed by atoms with Crippen molar-refractivity contribution in [2.24, 2.45) is 0 Å². The number of hydrogen-bond donors (Lipinski definition) is 2. The van der Waals surface area contributed by atoms with Crippen LogP contribution >= 0.6 is 15.9 Å². The highest BCUT2D eigenvalue weighted by molar-refractivity contribution is 9.10. The molecule has 1 aromatic rings. The number of halogens is 1. The van der Waals surface area contributed by atoms with Crippen LogP contribution in [-0.4, -0.2) is 34.1 Å². The van der Waals surface area contributed by atoms with Gasteiger partial charge in [0.15, 0.2) is 0 Å². The van der Waals surface area contributed by atoms with Gasteiger partial charge in [-0.15, -0.1) is 0 Å². The van der Waals surface area contributed by atoms with Gasteiger partial charge in [-0.1, -0.05) is 0 Å². The lowest BCUT2D eigenvalue weighted by Crippen LogP contribution is -2.22. The molecule has 1 heterocycles. The number of hydrogen-bond acceptors (Lipinski definition) is 5. The van der Waals surface area contributed by atoms with Crippen molar-refractivity contribution in [2.45, 2.75) is 0 Å². The third-order valence-electron chi connectivity index (χ3n) is 1.32. The predicted octanol–water partition coefficient (Wildman–Crippen LogP) is 0.271. The fourth-order valence-corrected chi connectivity index (χ4v) is 1.10. The van der Waals surface area contributed by atoms with Gasteiger partial charge in [-0.05, 0) is 15.9 Å². The number of carboxylic acid groups (broad SMARTS) is 1. The second-order valence-corrected chi connectivity index (χ2v) is 3.03. The molecular formula is C7H6BrN3O4. The standard InChI is InChI=1S/C7H6BrN3O4/c1-15-4-2-3(10-7(8)11-4)9-5(12)6(13)14/h2H,1H3,(H,13,14)(H,9,10,11,12). The third kappa shape index (κ3) is 3.17. The van der Waals surface area contributed by atoms with Crippen LogP contribution in [0.4, 0.5) is 5.82 Å². The molecule has 0 radical (unpaired) electrons. The summed E-state index contributed by atoms with van der Waals surface area (Å²) in [5.41, 5.74) is 0. The smallest absolute Gasteiger partial charge is 0.394 e. The zero-order valence-electron chi connectivity index (χ0n) is 7.52. The second kappa shape index (κ2) is 4.69. The Morgan fingerprint density at radius 1 is 1.53 bits per heavy atom. The van der Waals surface area contributed by atoms with Crippen molar-refractivity contribution >= 4 is 33.6 Å². The van der Waals surface area contributed by atoms with Crippen LogP contribution in [0, 0.1) is 0 Å². The highest BCUT2D eigenvalue weighted by Crippen LogP contribution is 2.15. The first-order valence-corrected chi connectivity index (χ1v) is 4.45. The van der Waals surface area contributed by atoms with E-state index < -0.39 is 11.9 Å². The van der Waals surface area contributed by atoms with E-state index in [2.05, 4.69) is 31.2 Å². The number of ether oxygens (including phenoxy) is 1. The van der Waals surface area contributed by atoms with Gasteiger partial charge in [-0.3, -0.25) is 4.79 Å². The van der Waals surface area contributed by atoms with E-state index in [9.17, 15) is 9.59 Å². The molecule has 7 nitrogen and oxygen atoms in total. The van der Waals surface area contributed by atoms with Crippen LogP contribution in [0.2, 0.25) is 0 Å². The monoisotopic (exact) mass is 275 g/mol. The Kier molecular flexibility index (Phi) is 3.56. The largest absolute Gasteiger partial charge is 0.481 e. The van der Waals surface area contributed by atoms with Gasteiger partial charge in [-0.2, -0.15) is 4.98 Å². The number of carbonyl (C=O) groups is 2. The van der Waals surface area contributed by atoms with Crippen molar-refractivity contribution in [1.29, 1.82) is 0 Å². The summed E-state index contributed by atoms with van der Waals surface area (Å²) in [6.07, 6.45) is 0. The summed E-state index contributed by atoms with van der Waals surface area (Å²) in [4.78, 5) is 28.6. The molecule has 8 heteroatoms. The number of methoxy groups -OCH3 is 1. The number of anilines is 1. The number of carbonyl (C=O) groups excluding carboxylic acids is 1. The van der Waals surface area contributed by atoms with Gasteiger partial charge in [0.2, 0.25) is 10.6 Å². The molecule has 0 aliphatic rings. The van der Waals surface area contributed by atoms with Gasteiger partial charge in [0.05, 0.1) is 7.11 Å². The van der Waals surface area contributed by atoms with Crippen molar-refractivity contribution in [3.8, 4) is 5.88 Å². The van der Waals surface area contributed by atoms with Crippen LogP contribution in [0.25, 0.3) is 0 Å². The summed E-state index contributed by atoms with van der Waals surface area (Å²) in [5, 5.41) is 10.4. The molecule has 0 aromatic carbocycles. The van der Waals surface area contributed by atoms with Gasteiger partial charge in [0, 0.05) is 6.07 Å². The SMILES string of the molecule is COc1cc(NC(=O)C(=O)O)nc(Br)n1. The Bertz CT molecular complexity index is 409. The maximum Gasteiger partial charge on any atom is 0.394 e. The highest BCUT2D eigenvalue weighted by atomic mass is 79.9. The Morgan fingerprint density at radius 2 is 2.20 bits per heavy atom. The minimum atomic E-state index is -1.59. The number of nitrogens with one attached hydrogen (secondary N) is 1. The number of rotatable bonds is 2. The van der Waals surface area contributed by atoms with E-state index in [0.717, 1.165) is 0 Å². The lowest BCUT2D eigenvalue weighted by molar-refractivity contribution is -0.147. The van der Waals surface area contributed by atoms with Gasteiger partial charge in [0.25, 0.3) is 0 Å². The molecule has 0 saturated carbocycles. The quantitative estimate of drug-likeness (QED) is 0.594. The van der Waals surface area contributed by atoms with Crippen LogP contribution in [0.15, 0.2) is 10.8 Å². The first-order valence-electron chi connectivity index (χ1n) is 3.65. The Labute approximate surface area is 92.6 Å². The number of carboxylic acids is 1. The van der Waals surface area contributed by atoms with Crippen molar-refractivity contribution < 1.29 is 19.4 Å². The molecule has 1 amide bonds. The van der Waals surface area contributed by atoms with Crippen molar-refractivity contribution in [3.63, 3.8) is 0 Å². The topological polar surface area (TPSA) is 101 Å². The van der Waals surface area contributed by atoms with Gasteiger partial charge < -0.3 is 15.2 Å². The molecule has 0 fully saturated rings. The molecule has 0 aliphatic heterocycles. The van der Waals surface area contributed by atoms with Crippen molar-refractivity contribution in [3.05, 3.63) is 10.8 Å². The number of aromatic nitrogens is 2. The summed E-state index contributed by atoms with van der Waals surface area (Å²) < 4.78 is 4.98. The van der Waals surface area contributed by atoms with E-state index in [4.69, 9.17) is 9.84 Å². The van der Waals surface area contributed by atoms with E-state index in [1.165, 1.54) is 13.2 Å². The van der Waals surface area contributed by atoms with E-state index in [0.29, 0.717) is 0 Å². The average Bonchev–Trinajstić information content (AvgIpc) is 2.16. The molecule has 0 atom stereocenters. The summed E-state index contributed by atoms with van der Waals surface area (Å²) >= 11 is 2.98. The number of nitrogens with zero attached hydrogens (tertiary/aromatic N) is 2. The molecular weight excluding hydrogens is 270 g/mol. The zero-order chi connectivity index (χ0) is 11.4. The van der Waals surface area contributed by atoms with Gasteiger partial charge in [-0.25, -0.2) is 9.78 Å². The van der Waals surface area contributed by atoms with E-state index in [-0.39, 0.29) is 16.4 Å². The van der Waals surface area contributed by atoms with E-state index >= 15 is 0 Å². The predicted molar refractivity (Wildman–Crippen MR) is 52.5 cm³/mol. The molecule has 0 saturated heterocycles. The fraction of sp³-hybridized carbons (Fsp3) is 0.143. The molecule has 15 heavy (non-hydrogen) atoms. The molecule has 0 spiro atoms. The number of aliphatic carboxylic acids is 1. The summed E-state index contributed by atoms with van der Waals surface area (Å²) in [5.74, 6) is -2.52. The second-order valence-electron chi connectivity index (χ2n) is 2.32. The zero-order valence-corrected chi connectivity index (χ0v) is 9.11. The molecule has 1 rings (SSSR count). The molecule has 0 unspecified atom stereocenters. The Morgan fingerprint density at radius 3 is 2.73 bits per heavy atom. The normalized spacial score (nSPS) is 9.47. The summed E-state index contributed by atoms with van der Waals surface area (Å²) in [7, 11) is 1.39. The first kappa shape index (κ1) is 11.4. The molecule has 1 aromatic heterocycles. The van der Waals surface area contributed by atoms with Crippen molar-refractivity contribution in [2.75, 3.05) is 12.4 Å². The minimum Gasteiger partial charge on any atom is -0.481 e. The first-order chi connectivity index (χ1) is 7.02. The van der Waals surface area contributed by atoms with Crippen LogP contribution in [0.3, 0.4) is 0 Å². The minimum absolute atomic E-state index is 0.0427. The van der Waals surface area contributed by atoms with Crippen LogP contribution < -0.4 is 10.1 Å². The lowest BCUT2D eigenvalue weighted by Gasteiger charge is -2.03. The maximum atomic E-state index is 10.8. The number of amides is 1. The van der Waals surface area contributed by atoms with Gasteiger partial charge in [0.1, 0.15) is 5.82 Å². The molecule has 0 bridgehead atoms. The highest BCUT2D eigenvalue weighted by Gasteiger charge is 2.13. The molecule has 0 aliphatic carbocycles. The molecule has 2 N–H and O–H groups in total. The lowest BCUT2D eigenvalue weighted by atomic mass is 10.5. The van der Waals surface area contributed by atoms with E-state index in [1.807, 2.05) is 0 Å².